The van der Waals surface area contributed by atoms with Crippen molar-refractivity contribution >= 4 is 24.3 Å². The first-order chi connectivity index (χ1) is 13.5. The number of hydrogen-bond donors (Lipinski definition) is 0. The quantitative estimate of drug-likeness (QED) is 0.203. The molecule has 5 nitrogen and oxygen atoms in total. The lowest BCUT2D eigenvalue weighted by Crippen LogP contribution is -2.29. The minimum absolute atomic E-state index is 0.00957. The molecular weight excluding hydrogens is 405 g/mol. The Kier molecular flexibility index (Phi) is 8.22. The van der Waals surface area contributed by atoms with Gasteiger partial charge in [-0.1, -0.05) is 22.9 Å². The lowest BCUT2D eigenvalue weighted by atomic mass is 9.90. The molecule has 0 N–H and O–H groups in total. The van der Waals surface area contributed by atoms with Crippen molar-refractivity contribution in [1.29, 1.82) is 0 Å². The van der Waals surface area contributed by atoms with Gasteiger partial charge in [0.1, 0.15) is 6.61 Å². The highest BCUT2D eigenvalue weighted by Gasteiger charge is 2.36. The summed E-state index contributed by atoms with van der Waals surface area (Å²) in [5.74, 6) is 0.530. The minimum atomic E-state index is -1.29. The number of rotatable bonds is 11. The van der Waals surface area contributed by atoms with E-state index in [-0.39, 0.29) is 31.6 Å². The standard InChI is InChI=1S/C18H31BrNO4P/c1-14-6-10-22-18(14)16(5-4-8-19)13-25(23-12-9-20-3)24-17-7-11-21-15(17)2/h14-18H,4-13H2,1-2H3/t14-,15+,16+,17-,18-,25?/m0/s1/i2D,10T,11T/t10-,11-,14+,15-,16-,17+,18+,25?/m1. The van der Waals surface area contributed by atoms with Gasteiger partial charge in [0.2, 0.25) is 6.54 Å². The van der Waals surface area contributed by atoms with E-state index in [0.29, 0.717) is 25.1 Å². The summed E-state index contributed by atoms with van der Waals surface area (Å²) in [6, 6.07) is 0. The minimum Gasteiger partial charge on any atom is -0.378 e. The maximum atomic E-state index is 7.96. The van der Waals surface area contributed by atoms with E-state index in [1.54, 1.807) is 0 Å². The van der Waals surface area contributed by atoms with Crippen LogP contribution in [0.15, 0.2) is 0 Å². The van der Waals surface area contributed by atoms with Gasteiger partial charge in [0.05, 0.1) is 21.1 Å². The summed E-state index contributed by atoms with van der Waals surface area (Å²) in [4.78, 5) is 3.35. The molecule has 8 atom stereocenters. The summed E-state index contributed by atoms with van der Waals surface area (Å²) in [7, 11) is -1.29. The van der Waals surface area contributed by atoms with E-state index in [0.717, 1.165) is 24.6 Å². The van der Waals surface area contributed by atoms with Crippen LogP contribution in [0, 0.1) is 18.4 Å². The third-order valence-electron chi connectivity index (χ3n) is 4.54. The van der Waals surface area contributed by atoms with E-state index in [1.807, 2.05) is 0 Å². The van der Waals surface area contributed by atoms with Crippen LogP contribution in [0.5, 0.6) is 0 Å². The molecule has 2 heterocycles. The fraction of sp³-hybridized carbons (Fsp3) is 0.944. The van der Waals surface area contributed by atoms with Crippen LogP contribution in [-0.4, -0.2) is 56.1 Å². The van der Waals surface area contributed by atoms with Crippen LogP contribution in [-0.2, 0) is 18.5 Å². The van der Waals surface area contributed by atoms with Gasteiger partial charge in [0.25, 0.3) is 0 Å². The molecule has 0 spiro atoms. The molecule has 2 aliphatic rings. The molecule has 0 aromatic rings. The Labute approximate surface area is 166 Å². The van der Waals surface area contributed by atoms with E-state index in [2.05, 4.69) is 27.7 Å². The van der Waals surface area contributed by atoms with Crippen LogP contribution in [0.25, 0.3) is 4.85 Å². The SMILES string of the molecule is [2H]C[C@H]1O[C@H]([3H])C[C@@H]1OP(C[C@@H](CCCBr)[C@H]1O[C@H]([3H])C[C@@H]1C)OCC[N+]#[C-]. The number of nitrogens with zero attached hydrogens (tertiary/aromatic N) is 1. The molecule has 0 bridgehead atoms. The van der Waals surface area contributed by atoms with Gasteiger partial charge in [0.15, 0.2) is 8.38 Å². The van der Waals surface area contributed by atoms with Crippen molar-refractivity contribution in [2.45, 2.75) is 57.8 Å². The van der Waals surface area contributed by atoms with Crippen LogP contribution >= 0.6 is 24.3 Å². The second-order valence-corrected chi connectivity index (χ2v) is 8.82. The van der Waals surface area contributed by atoms with Crippen LogP contribution in [0.4, 0.5) is 0 Å². The second-order valence-electron chi connectivity index (χ2n) is 6.52. The Bertz CT molecular complexity index is 504. The van der Waals surface area contributed by atoms with Crippen LogP contribution in [0.1, 0.15) is 43.6 Å². The summed E-state index contributed by atoms with van der Waals surface area (Å²) in [6.45, 7) is 8.62. The van der Waals surface area contributed by atoms with Gasteiger partial charge in [-0.25, -0.2) is 6.57 Å². The molecule has 2 rings (SSSR count). The molecular formula is C18H31BrNO4P. The first kappa shape index (κ1) is 17.3. The Balaban J connectivity index is 2.05. The van der Waals surface area contributed by atoms with Crippen molar-refractivity contribution < 1.29 is 22.6 Å². The second kappa shape index (κ2) is 11.8. The van der Waals surface area contributed by atoms with Crippen molar-refractivity contribution in [1.82, 2.24) is 0 Å². The Morgan fingerprint density at radius 2 is 2.32 bits per heavy atom. The molecule has 144 valence electrons. The van der Waals surface area contributed by atoms with Crippen molar-refractivity contribution in [3.63, 3.8) is 0 Å². The molecule has 0 aromatic carbocycles. The predicted octanol–water partition coefficient (Wildman–Crippen LogP) is 4.64. The van der Waals surface area contributed by atoms with E-state index < -0.39 is 27.6 Å². The van der Waals surface area contributed by atoms with Crippen LogP contribution in [0.2, 0.25) is 0 Å². The predicted molar refractivity (Wildman–Crippen MR) is 104 cm³/mol. The first-order valence-corrected chi connectivity index (χ1v) is 11.4. The van der Waals surface area contributed by atoms with E-state index >= 15 is 0 Å². The maximum absolute atomic E-state index is 7.96. The average Bonchev–Trinajstić information content (AvgIpc) is 3.19. The molecule has 25 heavy (non-hydrogen) atoms. The van der Waals surface area contributed by atoms with Gasteiger partial charge in [-0.2, -0.15) is 0 Å². The highest BCUT2D eigenvalue weighted by molar-refractivity contribution is 9.09. The number of hydrogen-bond acceptors (Lipinski definition) is 4. The highest BCUT2D eigenvalue weighted by atomic mass is 79.9. The van der Waals surface area contributed by atoms with Gasteiger partial charge >= 0.3 is 0 Å². The summed E-state index contributed by atoms with van der Waals surface area (Å²) in [5, 5.41) is 0.907. The molecule has 0 aromatic heterocycles. The van der Waals surface area contributed by atoms with Gasteiger partial charge in [-0.15, -0.1) is 0 Å². The molecule has 0 radical (unpaired) electrons. The molecule has 2 aliphatic heterocycles. The molecule has 0 aliphatic carbocycles. The van der Waals surface area contributed by atoms with Crippen molar-refractivity contribution in [3.8, 4) is 0 Å². The highest BCUT2D eigenvalue weighted by Crippen LogP contribution is 2.46. The van der Waals surface area contributed by atoms with Gasteiger partial charge in [-0.05, 0) is 44.4 Å². The molecule has 7 heteroatoms. The Hall–Kier alpha value is 0.240. The summed E-state index contributed by atoms with van der Waals surface area (Å²) < 4.78 is 46.9. The fourth-order valence-electron chi connectivity index (χ4n) is 3.14. The lowest BCUT2D eigenvalue weighted by Gasteiger charge is -2.30. The summed E-state index contributed by atoms with van der Waals surface area (Å²) >= 11 is 3.50. The van der Waals surface area contributed by atoms with Crippen molar-refractivity contribution in [3.05, 3.63) is 11.4 Å². The van der Waals surface area contributed by atoms with E-state index in [1.165, 1.54) is 0 Å². The summed E-state index contributed by atoms with van der Waals surface area (Å²) in [5.41, 5.74) is 0. The molecule has 0 saturated carbocycles. The number of ether oxygens (including phenoxy) is 2. The smallest absolute Gasteiger partial charge is 0.238 e. The number of alkyl halides is 1. The van der Waals surface area contributed by atoms with Gasteiger partial charge < -0.3 is 23.4 Å². The third-order valence-corrected chi connectivity index (χ3v) is 6.85. The zero-order valence-corrected chi connectivity index (χ0v) is 17.3. The zero-order chi connectivity index (χ0) is 20.5. The average molecular weight is 441 g/mol. The van der Waals surface area contributed by atoms with E-state index in [9.17, 15) is 0 Å². The monoisotopic (exact) mass is 440 g/mol. The molecule has 2 saturated heterocycles. The largest absolute Gasteiger partial charge is 0.378 e. The maximum Gasteiger partial charge on any atom is 0.238 e. The Morgan fingerprint density at radius 3 is 3.00 bits per heavy atom. The van der Waals surface area contributed by atoms with Gasteiger partial charge in [0, 0.05) is 26.0 Å². The molecule has 2 fully saturated rings. The summed E-state index contributed by atoms with van der Waals surface area (Å²) in [6.07, 6.45) is 3.09. The Morgan fingerprint density at radius 1 is 1.48 bits per heavy atom. The van der Waals surface area contributed by atoms with Crippen molar-refractivity contribution in [2.75, 3.05) is 37.8 Å². The topological polar surface area (TPSA) is 41.3 Å². The van der Waals surface area contributed by atoms with Gasteiger partial charge in [-0.3, -0.25) is 0 Å². The van der Waals surface area contributed by atoms with Crippen LogP contribution in [0.3, 0.4) is 0 Å². The molecule has 0 amide bonds. The number of halogens is 1. The van der Waals surface area contributed by atoms with Crippen molar-refractivity contribution in [2.24, 2.45) is 11.8 Å². The normalized spacial score (nSPS) is 39.3. The zero-order valence-electron chi connectivity index (χ0n) is 17.8. The molecule has 1 unspecified atom stereocenters. The van der Waals surface area contributed by atoms with E-state index in [4.69, 9.17) is 29.2 Å². The third kappa shape index (κ3) is 7.05. The first-order valence-electron chi connectivity index (χ1n) is 10.8. The van der Waals surface area contributed by atoms with Crippen LogP contribution < -0.4 is 0 Å². The fourth-order valence-corrected chi connectivity index (χ4v) is 5.30. The lowest BCUT2D eigenvalue weighted by molar-refractivity contribution is 0.0435.